The highest BCUT2D eigenvalue weighted by Crippen LogP contribution is 2.32. The van der Waals surface area contributed by atoms with Gasteiger partial charge in [0.15, 0.2) is 11.0 Å². The van der Waals surface area contributed by atoms with E-state index in [9.17, 15) is 9.59 Å². The van der Waals surface area contributed by atoms with Gasteiger partial charge in [-0.15, -0.1) is 0 Å². The van der Waals surface area contributed by atoms with Crippen LogP contribution in [0.3, 0.4) is 0 Å². The Balaban J connectivity index is 1.59. The average molecular weight is 435 g/mol. The minimum atomic E-state index is -0.0969. The highest BCUT2D eigenvalue weighted by atomic mass is 32.2. The lowest BCUT2D eigenvalue weighted by Crippen LogP contribution is -3.14. The van der Waals surface area contributed by atoms with E-state index in [1.165, 1.54) is 16.7 Å². The number of benzene rings is 1. The number of piperidine rings is 1. The first-order valence-corrected chi connectivity index (χ1v) is 11.1. The predicted molar refractivity (Wildman–Crippen MR) is 121 cm³/mol. The predicted octanol–water partition coefficient (Wildman–Crippen LogP) is 1.77. The summed E-state index contributed by atoms with van der Waals surface area (Å²) < 4.78 is 5.73. The molecule has 156 valence electrons. The van der Waals surface area contributed by atoms with Gasteiger partial charge in [-0.1, -0.05) is 36.1 Å². The van der Waals surface area contributed by atoms with Crippen molar-refractivity contribution >= 4 is 51.9 Å². The van der Waals surface area contributed by atoms with Crippen molar-refractivity contribution in [3.05, 3.63) is 34.7 Å². The van der Waals surface area contributed by atoms with Crippen molar-refractivity contribution in [3.8, 4) is 0 Å². The lowest BCUT2D eigenvalue weighted by molar-refractivity contribution is -0.912. The Kier molecular flexibility index (Phi) is 7.32. The first-order chi connectivity index (χ1) is 13.9. The number of anilines is 1. The van der Waals surface area contributed by atoms with E-state index in [-0.39, 0.29) is 17.8 Å². The number of rotatable bonds is 6. The number of esters is 1. The van der Waals surface area contributed by atoms with Crippen LogP contribution in [0.25, 0.3) is 6.08 Å². The van der Waals surface area contributed by atoms with Gasteiger partial charge in [0.25, 0.3) is 5.91 Å². The second-order valence-corrected chi connectivity index (χ2v) is 9.21. The molecule has 0 spiro atoms. The number of likely N-dealkylation sites (tertiary alicyclic amines) is 1. The highest BCUT2D eigenvalue weighted by molar-refractivity contribution is 8.26. The largest absolute Gasteiger partial charge is 0.466 e. The van der Waals surface area contributed by atoms with Crippen LogP contribution in [-0.2, 0) is 14.3 Å². The SMILES string of the molecule is CCOC(=O)C1CC[NH+](CN2C(=O)/C(=C\c3ccc(N(C)C)cc3)SC2=S)CC1. The smallest absolute Gasteiger partial charge is 0.309 e. The molecule has 2 aliphatic heterocycles. The fraction of sp³-hybridized carbons (Fsp3) is 0.476. The number of quaternary nitrogens is 1. The number of nitrogens with zero attached hydrogens (tertiary/aromatic N) is 2. The summed E-state index contributed by atoms with van der Waals surface area (Å²) in [6.45, 7) is 4.48. The van der Waals surface area contributed by atoms with Gasteiger partial charge < -0.3 is 14.5 Å². The maximum Gasteiger partial charge on any atom is 0.309 e. The molecule has 0 saturated carbocycles. The van der Waals surface area contributed by atoms with E-state index in [1.54, 1.807) is 4.90 Å². The van der Waals surface area contributed by atoms with Gasteiger partial charge in [-0.05, 0) is 30.7 Å². The van der Waals surface area contributed by atoms with Crippen LogP contribution in [0.5, 0.6) is 0 Å². The van der Waals surface area contributed by atoms with E-state index in [1.807, 2.05) is 56.3 Å². The fourth-order valence-corrected chi connectivity index (χ4v) is 4.82. The normalized spacial score (nSPS) is 23.6. The number of hydrogen-bond donors (Lipinski definition) is 1. The minimum absolute atomic E-state index is 0.0186. The summed E-state index contributed by atoms with van der Waals surface area (Å²) in [6.07, 6.45) is 3.48. The number of carbonyl (C=O) groups excluding carboxylic acids is 2. The summed E-state index contributed by atoms with van der Waals surface area (Å²) in [5.74, 6) is -0.146. The molecule has 2 saturated heterocycles. The van der Waals surface area contributed by atoms with Crippen LogP contribution in [-0.4, -0.2) is 61.6 Å². The van der Waals surface area contributed by atoms with Crippen molar-refractivity contribution in [1.29, 1.82) is 0 Å². The Labute approximate surface area is 181 Å². The molecule has 0 aliphatic carbocycles. The quantitative estimate of drug-likeness (QED) is 0.418. The lowest BCUT2D eigenvalue weighted by Gasteiger charge is -2.30. The number of amides is 1. The van der Waals surface area contributed by atoms with Gasteiger partial charge in [0.05, 0.1) is 30.5 Å². The van der Waals surface area contributed by atoms with E-state index in [4.69, 9.17) is 17.0 Å². The Morgan fingerprint density at radius 2 is 1.97 bits per heavy atom. The molecular weight excluding hydrogens is 406 g/mol. The molecule has 2 heterocycles. The molecule has 3 rings (SSSR count). The molecule has 1 aromatic rings. The maximum atomic E-state index is 12.9. The average Bonchev–Trinajstić information content (AvgIpc) is 2.96. The zero-order chi connectivity index (χ0) is 21.0. The van der Waals surface area contributed by atoms with Crippen LogP contribution in [0.2, 0.25) is 0 Å². The molecule has 0 aromatic heterocycles. The third-order valence-corrected chi connectivity index (χ3v) is 6.65. The second kappa shape index (κ2) is 9.73. The highest BCUT2D eigenvalue weighted by Gasteiger charge is 2.36. The molecule has 0 radical (unpaired) electrons. The lowest BCUT2D eigenvalue weighted by atomic mass is 9.97. The van der Waals surface area contributed by atoms with E-state index in [0.29, 0.717) is 22.5 Å². The van der Waals surface area contributed by atoms with E-state index < -0.39 is 0 Å². The zero-order valence-corrected chi connectivity index (χ0v) is 18.8. The molecule has 8 heteroatoms. The Morgan fingerprint density at radius 1 is 1.31 bits per heavy atom. The summed E-state index contributed by atoms with van der Waals surface area (Å²) in [5, 5.41) is 0. The standard InChI is InChI=1S/C21H27N3O3S2/c1-4-27-20(26)16-9-11-23(12-10-16)14-24-19(25)18(29-21(24)28)13-15-5-7-17(8-6-15)22(2)3/h5-8,13,16H,4,9-12,14H2,1-3H3/p+1/b18-13+. The van der Waals surface area contributed by atoms with Crippen molar-refractivity contribution in [1.82, 2.24) is 4.90 Å². The number of nitrogens with one attached hydrogen (secondary N) is 1. The molecule has 2 aliphatic rings. The molecule has 6 nitrogen and oxygen atoms in total. The van der Waals surface area contributed by atoms with E-state index in [0.717, 1.165) is 37.2 Å². The monoisotopic (exact) mass is 434 g/mol. The van der Waals surface area contributed by atoms with Crippen molar-refractivity contribution in [3.63, 3.8) is 0 Å². The van der Waals surface area contributed by atoms with Gasteiger partial charge in [0, 0.05) is 32.6 Å². The number of carbonyl (C=O) groups is 2. The van der Waals surface area contributed by atoms with Gasteiger partial charge in [-0.2, -0.15) is 0 Å². The Morgan fingerprint density at radius 3 is 2.55 bits per heavy atom. The molecule has 1 aromatic carbocycles. The molecule has 2 fully saturated rings. The van der Waals surface area contributed by atoms with Crippen LogP contribution in [0.1, 0.15) is 25.3 Å². The molecule has 1 amide bonds. The fourth-order valence-electron chi connectivity index (χ4n) is 3.56. The first kappa shape index (κ1) is 21.8. The van der Waals surface area contributed by atoms with Gasteiger partial charge >= 0.3 is 5.97 Å². The number of thioether (sulfide) groups is 1. The summed E-state index contributed by atoms with van der Waals surface area (Å²) in [5.41, 5.74) is 2.10. The van der Waals surface area contributed by atoms with Crippen molar-refractivity contribution < 1.29 is 19.2 Å². The first-order valence-electron chi connectivity index (χ1n) is 9.92. The number of hydrogen-bond acceptors (Lipinski definition) is 6. The summed E-state index contributed by atoms with van der Waals surface area (Å²) in [4.78, 5) is 30.4. The Bertz CT molecular complexity index is 800. The summed E-state index contributed by atoms with van der Waals surface area (Å²) >= 11 is 6.83. The molecular formula is C21H28N3O3S2+. The van der Waals surface area contributed by atoms with Crippen molar-refractivity contribution in [2.24, 2.45) is 5.92 Å². The third-order valence-electron chi connectivity index (χ3n) is 5.28. The molecule has 0 atom stereocenters. The van der Waals surface area contributed by atoms with Gasteiger partial charge in [-0.25, -0.2) is 4.90 Å². The van der Waals surface area contributed by atoms with Crippen LogP contribution in [0.4, 0.5) is 5.69 Å². The van der Waals surface area contributed by atoms with Crippen molar-refractivity contribution in [2.45, 2.75) is 19.8 Å². The number of ether oxygens (including phenoxy) is 1. The third kappa shape index (κ3) is 5.38. The van der Waals surface area contributed by atoms with Crippen LogP contribution in [0, 0.1) is 5.92 Å². The minimum Gasteiger partial charge on any atom is -0.466 e. The topological polar surface area (TPSA) is 54.3 Å². The van der Waals surface area contributed by atoms with Crippen molar-refractivity contribution in [2.75, 3.05) is 45.4 Å². The number of thiocarbonyl (C=S) groups is 1. The van der Waals surface area contributed by atoms with Crippen LogP contribution in [0.15, 0.2) is 29.2 Å². The molecule has 29 heavy (non-hydrogen) atoms. The van der Waals surface area contributed by atoms with Gasteiger partial charge in [0.1, 0.15) is 0 Å². The maximum absolute atomic E-state index is 12.9. The van der Waals surface area contributed by atoms with E-state index in [2.05, 4.69) is 0 Å². The van der Waals surface area contributed by atoms with Crippen LogP contribution >= 0.6 is 24.0 Å². The molecule has 1 N–H and O–H groups in total. The van der Waals surface area contributed by atoms with Gasteiger partial charge in [0.2, 0.25) is 0 Å². The van der Waals surface area contributed by atoms with Crippen LogP contribution < -0.4 is 9.80 Å². The Hall–Kier alpha value is -1.90. The summed E-state index contributed by atoms with van der Waals surface area (Å²) in [7, 11) is 4.00. The molecule has 0 bridgehead atoms. The zero-order valence-electron chi connectivity index (χ0n) is 17.1. The van der Waals surface area contributed by atoms with E-state index >= 15 is 0 Å². The second-order valence-electron chi connectivity index (χ2n) is 7.53. The van der Waals surface area contributed by atoms with Gasteiger partial charge in [-0.3, -0.25) is 9.59 Å². The summed E-state index contributed by atoms with van der Waals surface area (Å²) in [6, 6.07) is 8.08. The molecule has 0 unspecified atom stereocenters.